The Labute approximate surface area is 162 Å². The molecular weight excluding hydrogens is 334 g/mol. The molecule has 0 atom stereocenters. The summed E-state index contributed by atoms with van der Waals surface area (Å²) in [6, 6.07) is 10.6. The second-order valence-electron chi connectivity index (χ2n) is 7.42. The average Bonchev–Trinajstić information content (AvgIpc) is 3.14. The number of hydrogen-bond donors (Lipinski definition) is 0. The molecule has 0 fully saturated rings. The highest BCUT2D eigenvalue weighted by atomic mass is 15.3. The summed E-state index contributed by atoms with van der Waals surface area (Å²) in [5.74, 6) is 0. The van der Waals surface area contributed by atoms with Gasteiger partial charge in [0.05, 0.1) is 5.69 Å². The summed E-state index contributed by atoms with van der Waals surface area (Å²) in [5, 5.41) is 4.48. The van der Waals surface area contributed by atoms with Crippen molar-refractivity contribution in [3.63, 3.8) is 0 Å². The number of nitrogens with zero attached hydrogens (tertiary/aromatic N) is 5. The van der Waals surface area contributed by atoms with E-state index in [0.29, 0.717) is 0 Å². The van der Waals surface area contributed by atoms with Gasteiger partial charge in [-0.2, -0.15) is 5.10 Å². The van der Waals surface area contributed by atoms with Gasteiger partial charge in [0, 0.05) is 51.0 Å². The summed E-state index contributed by atoms with van der Waals surface area (Å²) in [4.78, 5) is 8.99. The molecule has 0 aliphatic heterocycles. The van der Waals surface area contributed by atoms with Crippen LogP contribution in [0.25, 0.3) is 5.69 Å². The van der Waals surface area contributed by atoms with E-state index in [2.05, 4.69) is 66.0 Å². The van der Waals surface area contributed by atoms with Crippen molar-refractivity contribution in [2.24, 2.45) is 0 Å². The molecule has 0 radical (unpaired) electrons. The summed E-state index contributed by atoms with van der Waals surface area (Å²) < 4.78 is 1.98. The fraction of sp³-hybridized carbons (Fsp3) is 0.364. The number of hydrogen-bond acceptors (Lipinski definition) is 4. The Morgan fingerprint density at radius 2 is 1.85 bits per heavy atom. The Morgan fingerprint density at radius 3 is 2.52 bits per heavy atom. The van der Waals surface area contributed by atoms with Gasteiger partial charge in [-0.25, -0.2) is 4.68 Å². The first kappa shape index (κ1) is 19.3. The SMILES string of the molecule is Cc1cc(C)c(-n2cccn2)c(CN(CCN(C)C)Cc2cccnc2)c1. The van der Waals surface area contributed by atoms with Crippen LogP contribution in [0.3, 0.4) is 0 Å². The quantitative estimate of drug-likeness (QED) is 0.614. The molecule has 3 aromatic rings. The normalized spacial score (nSPS) is 11.5. The number of aromatic nitrogens is 3. The molecule has 0 saturated heterocycles. The van der Waals surface area contributed by atoms with Crippen LogP contribution in [-0.4, -0.2) is 51.7 Å². The first-order valence-electron chi connectivity index (χ1n) is 9.39. The van der Waals surface area contributed by atoms with Gasteiger partial charge in [0.15, 0.2) is 0 Å². The zero-order valence-corrected chi connectivity index (χ0v) is 16.8. The van der Waals surface area contributed by atoms with E-state index in [1.165, 1.54) is 27.9 Å². The van der Waals surface area contributed by atoms with Crippen LogP contribution in [0.15, 0.2) is 55.1 Å². The third-order valence-corrected chi connectivity index (χ3v) is 4.64. The van der Waals surface area contributed by atoms with Crippen LogP contribution in [-0.2, 0) is 13.1 Å². The van der Waals surface area contributed by atoms with E-state index in [0.717, 1.165) is 26.2 Å². The largest absolute Gasteiger partial charge is 0.308 e. The second-order valence-corrected chi connectivity index (χ2v) is 7.42. The summed E-state index contributed by atoms with van der Waals surface area (Å²) in [6.45, 7) is 8.09. The van der Waals surface area contributed by atoms with Crippen molar-refractivity contribution < 1.29 is 0 Å². The van der Waals surface area contributed by atoms with Gasteiger partial charge in [0.25, 0.3) is 0 Å². The molecular formula is C22H29N5. The molecule has 0 spiro atoms. The van der Waals surface area contributed by atoms with Gasteiger partial charge < -0.3 is 4.90 Å². The molecule has 0 bridgehead atoms. The van der Waals surface area contributed by atoms with Gasteiger partial charge in [-0.3, -0.25) is 9.88 Å². The molecule has 0 saturated carbocycles. The third-order valence-electron chi connectivity index (χ3n) is 4.64. The van der Waals surface area contributed by atoms with Gasteiger partial charge in [-0.15, -0.1) is 0 Å². The minimum absolute atomic E-state index is 0.875. The molecule has 0 aliphatic rings. The molecule has 2 heterocycles. The van der Waals surface area contributed by atoms with Crippen molar-refractivity contribution in [1.29, 1.82) is 0 Å². The van der Waals surface area contributed by atoms with E-state index >= 15 is 0 Å². The predicted octanol–water partition coefficient (Wildman–Crippen LogP) is 3.45. The van der Waals surface area contributed by atoms with E-state index in [-0.39, 0.29) is 0 Å². The number of rotatable bonds is 8. The number of pyridine rings is 1. The van der Waals surface area contributed by atoms with Gasteiger partial charge >= 0.3 is 0 Å². The lowest BCUT2D eigenvalue weighted by atomic mass is 10.0. The van der Waals surface area contributed by atoms with E-state index in [1.807, 2.05) is 41.6 Å². The van der Waals surface area contributed by atoms with Crippen molar-refractivity contribution in [2.45, 2.75) is 26.9 Å². The van der Waals surface area contributed by atoms with Crippen LogP contribution in [0, 0.1) is 13.8 Å². The maximum atomic E-state index is 4.48. The van der Waals surface area contributed by atoms with Gasteiger partial charge in [0.1, 0.15) is 0 Å². The van der Waals surface area contributed by atoms with Gasteiger partial charge in [0.2, 0.25) is 0 Å². The maximum absolute atomic E-state index is 4.48. The Hall–Kier alpha value is -2.50. The number of aryl methyl sites for hydroxylation is 2. The summed E-state index contributed by atoms with van der Waals surface area (Å²) in [7, 11) is 4.24. The maximum Gasteiger partial charge on any atom is 0.0719 e. The van der Waals surface area contributed by atoms with Gasteiger partial charge in [-0.05, 0) is 56.8 Å². The molecule has 0 unspecified atom stereocenters. The first-order valence-corrected chi connectivity index (χ1v) is 9.39. The van der Waals surface area contributed by atoms with E-state index in [9.17, 15) is 0 Å². The molecule has 142 valence electrons. The Balaban J connectivity index is 1.90. The van der Waals surface area contributed by atoms with Crippen molar-refractivity contribution in [2.75, 3.05) is 27.2 Å². The molecule has 0 aliphatic carbocycles. The van der Waals surface area contributed by atoms with Crippen LogP contribution >= 0.6 is 0 Å². The molecule has 5 nitrogen and oxygen atoms in total. The lowest BCUT2D eigenvalue weighted by molar-refractivity contribution is 0.226. The molecule has 1 aromatic carbocycles. The Kier molecular flexibility index (Phi) is 6.37. The standard InChI is InChI=1S/C22H29N5/c1-18-13-19(2)22(27-10-6-9-24-27)21(14-18)17-26(12-11-25(3)4)16-20-7-5-8-23-15-20/h5-10,13-15H,11-12,16-17H2,1-4H3. The van der Waals surface area contributed by atoms with Crippen molar-refractivity contribution in [3.8, 4) is 5.69 Å². The molecule has 3 rings (SSSR count). The highest BCUT2D eigenvalue weighted by Gasteiger charge is 2.14. The summed E-state index contributed by atoms with van der Waals surface area (Å²) >= 11 is 0. The van der Waals surface area contributed by atoms with Crippen molar-refractivity contribution in [1.82, 2.24) is 24.6 Å². The third kappa shape index (κ3) is 5.25. The van der Waals surface area contributed by atoms with Gasteiger partial charge in [-0.1, -0.05) is 23.8 Å². The van der Waals surface area contributed by atoms with Crippen molar-refractivity contribution >= 4 is 0 Å². The highest BCUT2D eigenvalue weighted by molar-refractivity contribution is 5.49. The smallest absolute Gasteiger partial charge is 0.0719 e. The Morgan fingerprint density at radius 1 is 1.00 bits per heavy atom. The molecule has 27 heavy (non-hydrogen) atoms. The second kappa shape index (κ2) is 8.93. The van der Waals surface area contributed by atoms with E-state index in [4.69, 9.17) is 0 Å². The summed E-state index contributed by atoms with van der Waals surface area (Å²) in [5.41, 5.74) is 6.27. The van der Waals surface area contributed by atoms with E-state index in [1.54, 1.807) is 0 Å². The highest BCUT2D eigenvalue weighted by Crippen LogP contribution is 2.23. The molecule has 0 amide bonds. The number of likely N-dealkylation sites (N-methyl/N-ethyl adjacent to an activating group) is 1. The fourth-order valence-corrected chi connectivity index (χ4v) is 3.44. The fourth-order valence-electron chi connectivity index (χ4n) is 3.44. The molecule has 5 heteroatoms. The minimum Gasteiger partial charge on any atom is -0.308 e. The molecule has 0 N–H and O–H groups in total. The zero-order valence-electron chi connectivity index (χ0n) is 16.8. The average molecular weight is 364 g/mol. The summed E-state index contributed by atoms with van der Waals surface area (Å²) in [6.07, 6.45) is 7.64. The first-order chi connectivity index (χ1) is 13.0. The van der Waals surface area contributed by atoms with Crippen LogP contribution in [0.5, 0.6) is 0 Å². The minimum atomic E-state index is 0.875. The van der Waals surface area contributed by atoms with E-state index < -0.39 is 0 Å². The topological polar surface area (TPSA) is 37.2 Å². The monoisotopic (exact) mass is 363 g/mol. The Bertz CT molecular complexity index is 841. The molecule has 2 aromatic heterocycles. The van der Waals surface area contributed by atoms with Crippen LogP contribution in [0.4, 0.5) is 0 Å². The van der Waals surface area contributed by atoms with Crippen LogP contribution in [0.1, 0.15) is 22.3 Å². The lowest BCUT2D eigenvalue weighted by Gasteiger charge is -2.26. The van der Waals surface area contributed by atoms with Crippen molar-refractivity contribution in [3.05, 3.63) is 77.4 Å². The predicted molar refractivity (Wildman–Crippen MR) is 110 cm³/mol. The lowest BCUT2D eigenvalue weighted by Crippen LogP contribution is -2.31. The van der Waals surface area contributed by atoms with Crippen LogP contribution < -0.4 is 0 Å². The zero-order chi connectivity index (χ0) is 19.2. The van der Waals surface area contributed by atoms with Crippen LogP contribution in [0.2, 0.25) is 0 Å². The number of benzene rings is 1.